The number of ether oxygens (including phenoxy) is 1. The molecule has 0 aliphatic carbocycles. The minimum Gasteiger partial charge on any atom is -0.464 e. The van der Waals surface area contributed by atoms with E-state index in [1.807, 2.05) is 17.0 Å². The lowest BCUT2D eigenvalue weighted by atomic mass is 9.91. The van der Waals surface area contributed by atoms with Gasteiger partial charge in [0.15, 0.2) is 5.69 Å². The highest BCUT2D eigenvalue weighted by Crippen LogP contribution is 2.34. The summed E-state index contributed by atoms with van der Waals surface area (Å²) in [5, 5.41) is 17.7. The van der Waals surface area contributed by atoms with Crippen molar-refractivity contribution in [3.8, 4) is 6.07 Å². The number of aromatic nitrogens is 4. The second kappa shape index (κ2) is 18.3. The Balaban J connectivity index is 1.08. The molecule has 2 fully saturated rings. The Kier molecular flexibility index (Phi) is 13.4. The topological polar surface area (TPSA) is 178 Å². The number of carbonyl (C=O) groups is 3. The largest absolute Gasteiger partial charge is 0.464 e. The number of piperidine rings is 1. The number of halogens is 3. The summed E-state index contributed by atoms with van der Waals surface area (Å²) >= 11 is 0. The van der Waals surface area contributed by atoms with Crippen LogP contribution in [0.3, 0.4) is 0 Å². The van der Waals surface area contributed by atoms with Gasteiger partial charge in [-0.15, -0.1) is 0 Å². The smallest absolute Gasteiger partial charge is 0.451 e. The van der Waals surface area contributed by atoms with Crippen molar-refractivity contribution in [2.75, 3.05) is 61.5 Å². The number of rotatable bonds is 15. The Morgan fingerprint density at radius 1 is 0.962 bits per heavy atom. The van der Waals surface area contributed by atoms with Crippen LogP contribution in [0.15, 0.2) is 42.6 Å². The van der Waals surface area contributed by atoms with Crippen molar-refractivity contribution in [3.63, 3.8) is 0 Å². The molecule has 5 rings (SSSR count). The Hall–Kier alpha value is -5.53. The molecule has 14 nitrogen and oxygen atoms in total. The number of benzene rings is 1. The van der Waals surface area contributed by atoms with Gasteiger partial charge < -0.3 is 30.5 Å². The molecule has 53 heavy (non-hydrogen) atoms. The molecule has 0 radical (unpaired) electrons. The molecule has 2 saturated heterocycles. The number of hydrogen-bond acceptors (Lipinski definition) is 12. The van der Waals surface area contributed by atoms with Crippen molar-refractivity contribution in [3.05, 3.63) is 65.2 Å². The summed E-state index contributed by atoms with van der Waals surface area (Å²) in [6.45, 7) is 2.46. The molecule has 0 bridgehead atoms. The van der Waals surface area contributed by atoms with Gasteiger partial charge in [-0.25, -0.2) is 24.7 Å². The molecule has 1 aromatic carbocycles. The van der Waals surface area contributed by atoms with E-state index >= 15 is 0 Å². The average molecular weight is 737 g/mol. The van der Waals surface area contributed by atoms with E-state index in [2.05, 4.69) is 46.7 Å². The molecule has 2 aromatic heterocycles. The van der Waals surface area contributed by atoms with Crippen LogP contribution >= 0.6 is 0 Å². The molecule has 0 spiro atoms. The highest BCUT2D eigenvalue weighted by Gasteiger charge is 2.39. The van der Waals surface area contributed by atoms with Gasteiger partial charge in [0, 0.05) is 58.0 Å². The molecule has 2 aliphatic rings. The Labute approximate surface area is 305 Å². The number of esters is 1. The highest BCUT2D eigenvalue weighted by molar-refractivity contribution is 5.87. The van der Waals surface area contributed by atoms with E-state index in [0.717, 1.165) is 24.8 Å². The van der Waals surface area contributed by atoms with Crippen LogP contribution in [0.2, 0.25) is 0 Å². The maximum atomic E-state index is 14.0. The first-order valence-corrected chi connectivity index (χ1v) is 17.7. The summed E-state index contributed by atoms with van der Waals surface area (Å²) in [5.41, 5.74) is 1.62. The number of methoxy groups -OCH3 is 1. The summed E-state index contributed by atoms with van der Waals surface area (Å²) in [5.74, 6) is -1.34. The number of nitrogens with one attached hydrogen (secondary N) is 3. The van der Waals surface area contributed by atoms with E-state index in [-0.39, 0.29) is 35.1 Å². The van der Waals surface area contributed by atoms with E-state index in [0.29, 0.717) is 82.9 Å². The maximum Gasteiger partial charge on any atom is 0.451 e. The summed E-state index contributed by atoms with van der Waals surface area (Å²) in [6.07, 6.45) is 1.67. The van der Waals surface area contributed by atoms with Crippen molar-refractivity contribution < 1.29 is 32.3 Å². The van der Waals surface area contributed by atoms with E-state index in [4.69, 9.17) is 5.26 Å². The van der Waals surface area contributed by atoms with Gasteiger partial charge in [-0.3, -0.25) is 9.59 Å². The maximum absolute atomic E-state index is 14.0. The van der Waals surface area contributed by atoms with Crippen molar-refractivity contribution in [2.45, 2.75) is 63.6 Å². The van der Waals surface area contributed by atoms with Crippen LogP contribution < -0.4 is 25.8 Å². The Morgan fingerprint density at radius 2 is 1.72 bits per heavy atom. The average Bonchev–Trinajstić information content (AvgIpc) is 3.67. The molecule has 1 unspecified atom stereocenters. The van der Waals surface area contributed by atoms with Crippen LogP contribution in [-0.2, 0) is 26.9 Å². The lowest BCUT2D eigenvalue weighted by molar-refractivity contribution is -0.144. The number of anilines is 3. The third-order valence-corrected chi connectivity index (χ3v) is 9.33. The zero-order valence-electron chi connectivity index (χ0n) is 29.5. The fourth-order valence-corrected chi connectivity index (χ4v) is 6.49. The van der Waals surface area contributed by atoms with Crippen molar-refractivity contribution in [1.29, 1.82) is 5.26 Å². The fraction of sp³-hybridized carbons (Fsp3) is 0.500. The van der Waals surface area contributed by atoms with Gasteiger partial charge in [0.1, 0.15) is 17.7 Å². The molecule has 3 aromatic rings. The number of alkyl halides is 3. The van der Waals surface area contributed by atoms with Crippen LogP contribution in [0.4, 0.5) is 30.8 Å². The van der Waals surface area contributed by atoms with Crippen molar-refractivity contribution in [1.82, 2.24) is 30.6 Å². The van der Waals surface area contributed by atoms with Gasteiger partial charge >= 0.3 is 12.1 Å². The molecule has 1 atom stereocenters. The minimum absolute atomic E-state index is 0.0812. The second-order valence-corrected chi connectivity index (χ2v) is 13.0. The summed E-state index contributed by atoms with van der Waals surface area (Å²) in [4.78, 5) is 56.5. The predicted octanol–water partition coefficient (Wildman–Crippen LogP) is 3.89. The van der Waals surface area contributed by atoms with Crippen LogP contribution in [0, 0.1) is 17.2 Å². The van der Waals surface area contributed by atoms with Crippen LogP contribution in [-0.4, -0.2) is 90.1 Å². The third-order valence-electron chi connectivity index (χ3n) is 9.33. The number of amides is 2. The van der Waals surface area contributed by atoms with Gasteiger partial charge in [-0.1, -0.05) is 12.1 Å². The lowest BCUT2D eigenvalue weighted by Gasteiger charge is -2.34. The first-order chi connectivity index (χ1) is 25.5. The van der Waals surface area contributed by atoms with Gasteiger partial charge in [0.2, 0.25) is 23.6 Å². The first kappa shape index (κ1) is 38.7. The first-order valence-electron chi connectivity index (χ1n) is 17.7. The van der Waals surface area contributed by atoms with E-state index in [1.54, 1.807) is 23.1 Å². The summed E-state index contributed by atoms with van der Waals surface area (Å²) in [6, 6.07) is 11.5. The number of hydrogen-bond donors (Lipinski definition) is 3. The molecule has 282 valence electrons. The van der Waals surface area contributed by atoms with Gasteiger partial charge in [-0.2, -0.15) is 18.4 Å². The van der Waals surface area contributed by atoms with Gasteiger partial charge in [0.25, 0.3) is 0 Å². The van der Waals surface area contributed by atoms with Gasteiger partial charge in [-0.05, 0) is 74.6 Å². The van der Waals surface area contributed by atoms with Gasteiger partial charge in [0.05, 0.1) is 18.7 Å². The zero-order chi connectivity index (χ0) is 37.8. The fourth-order valence-electron chi connectivity index (χ4n) is 6.49. The van der Waals surface area contributed by atoms with Crippen LogP contribution in [0.25, 0.3) is 0 Å². The molecule has 4 heterocycles. The zero-order valence-corrected chi connectivity index (χ0v) is 29.5. The molecule has 17 heteroatoms. The molecule has 2 amide bonds. The molecule has 3 N–H and O–H groups in total. The monoisotopic (exact) mass is 736 g/mol. The molecule has 0 saturated carbocycles. The number of nitriles is 1. The highest BCUT2D eigenvalue weighted by atomic mass is 19.4. The quantitative estimate of drug-likeness (QED) is 0.152. The molecular weight excluding hydrogens is 693 g/mol. The standard InChI is InChI=1S/C36H43F3N10O4/c1-53-33(52)27-12-16-43-35(45-27)44-18-17-41-31(50)6-2-4-24-13-20-48(21-14-24)29-22-30(47-34(46-29)36(37,38)39)49-19-3-5-28(49)32(51)42-15-11-25-7-9-26(23-40)10-8-25/h7-10,12,16,22,24,28H,2-6,11,13-15,17-21H2,1H3,(H,41,50)(H,42,51)(H,43,44,45). The lowest BCUT2D eigenvalue weighted by Crippen LogP contribution is -2.44. The number of carbonyl (C=O) groups excluding carboxylic acids is 3. The van der Waals surface area contributed by atoms with Crippen molar-refractivity contribution in [2.24, 2.45) is 5.92 Å². The van der Waals surface area contributed by atoms with E-state index < -0.39 is 24.0 Å². The summed E-state index contributed by atoms with van der Waals surface area (Å²) in [7, 11) is 1.26. The molecule has 2 aliphatic heterocycles. The van der Waals surface area contributed by atoms with E-state index in [1.165, 1.54) is 19.4 Å². The predicted molar refractivity (Wildman–Crippen MR) is 189 cm³/mol. The minimum atomic E-state index is -4.76. The number of nitrogens with zero attached hydrogens (tertiary/aromatic N) is 7. The third kappa shape index (κ3) is 11.0. The van der Waals surface area contributed by atoms with Crippen LogP contribution in [0.5, 0.6) is 0 Å². The Morgan fingerprint density at radius 3 is 2.43 bits per heavy atom. The molecular formula is C36H43F3N10O4. The van der Waals surface area contributed by atoms with E-state index in [9.17, 15) is 27.6 Å². The summed E-state index contributed by atoms with van der Waals surface area (Å²) < 4.78 is 46.7. The SMILES string of the molecule is COC(=O)c1ccnc(NCCNC(=O)CCCC2CCN(c3cc(N4CCCC4C(=O)NCCc4ccc(C#N)cc4)nc(C(F)(F)F)n3)CC2)n1. The van der Waals surface area contributed by atoms with Crippen molar-refractivity contribution >= 4 is 35.4 Å². The van der Waals surface area contributed by atoms with Crippen LogP contribution in [0.1, 0.15) is 72.4 Å². The second-order valence-electron chi connectivity index (χ2n) is 13.0. The normalized spacial score (nSPS) is 16.2. The Bertz CT molecular complexity index is 1760.